The van der Waals surface area contributed by atoms with E-state index in [1.54, 1.807) is 24.3 Å². The summed E-state index contributed by atoms with van der Waals surface area (Å²) in [6.07, 6.45) is 1.37. The van der Waals surface area contributed by atoms with Gasteiger partial charge in [-0.25, -0.2) is 13.1 Å². The Kier molecular flexibility index (Phi) is 6.38. The summed E-state index contributed by atoms with van der Waals surface area (Å²) in [7, 11) is -3.71. The number of rotatable bonds is 8. The minimum absolute atomic E-state index is 0.214. The van der Waals surface area contributed by atoms with Gasteiger partial charge in [0, 0.05) is 0 Å². The first kappa shape index (κ1) is 19.6. The predicted molar refractivity (Wildman–Crippen MR) is 101 cm³/mol. The molecule has 2 N–H and O–H groups in total. The molecule has 0 amide bonds. The van der Waals surface area contributed by atoms with Crippen molar-refractivity contribution >= 4 is 10.0 Å². The summed E-state index contributed by atoms with van der Waals surface area (Å²) >= 11 is 0. The zero-order chi connectivity index (χ0) is 18.5. The largest absolute Gasteiger partial charge is 0.388 e. The summed E-state index contributed by atoms with van der Waals surface area (Å²) in [5.41, 5.74) is 0.881. The third-order valence-electron chi connectivity index (χ3n) is 4.78. The Bertz CT molecular complexity index is 766. The Morgan fingerprint density at radius 3 is 2.08 bits per heavy atom. The standard InChI is InChI=1S/C20H27NO3S/c1-4-20(22,5-2)19(15-17-9-7-6-8-10-17)21-25(23,24)18-13-11-16(3)12-14-18/h6-14,19,21-22H,4-5,15H2,1-3H3. The van der Waals surface area contributed by atoms with Crippen molar-refractivity contribution in [2.75, 3.05) is 0 Å². The van der Waals surface area contributed by atoms with Crippen LogP contribution >= 0.6 is 0 Å². The van der Waals surface area contributed by atoms with E-state index in [9.17, 15) is 13.5 Å². The van der Waals surface area contributed by atoms with E-state index >= 15 is 0 Å². The number of sulfonamides is 1. The fourth-order valence-corrected chi connectivity index (χ4v) is 4.21. The van der Waals surface area contributed by atoms with Crippen LogP contribution in [0.25, 0.3) is 0 Å². The van der Waals surface area contributed by atoms with Gasteiger partial charge in [0.05, 0.1) is 16.5 Å². The lowest BCUT2D eigenvalue weighted by molar-refractivity contribution is 0.00123. The Hall–Kier alpha value is -1.69. The number of aliphatic hydroxyl groups is 1. The maximum atomic E-state index is 12.8. The molecule has 0 radical (unpaired) electrons. The molecule has 136 valence electrons. The Morgan fingerprint density at radius 2 is 1.56 bits per heavy atom. The maximum absolute atomic E-state index is 12.8. The molecule has 5 heteroatoms. The minimum Gasteiger partial charge on any atom is -0.388 e. The van der Waals surface area contributed by atoms with E-state index in [4.69, 9.17) is 0 Å². The van der Waals surface area contributed by atoms with Gasteiger partial charge in [-0.2, -0.15) is 0 Å². The van der Waals surface area contributed by atoms with E-state index in [2.05, 4.69) is 4.72 Å². The molecule has 0 spiro atoms. The van der Waals surface area contributed by atoms with Crippen LogP contribution in [0.4, 0.5) is 0 Å². The molecule has 0 fully saturated rings. The summed E-state index contributed by atoms with van der Waals surface area (Å²) in [5.74, 6) is 0. The van der Waals surface area contributed by atoms with Crippen LogP contribution in [0.5, 0.6) is 0 Å². The van der Waals surface area contributed by atoms with E-state index in [1.165, 1.54) is 0 Å². The third kappa shape index (κ3) is 4.91. The molecule has 0 aromatic heterocycles. The van der Waals surface area contributed by atoms with Crippen molar-refractivity contribution < 1.29 is 13.5 Å². The van der Waals surface area contributed by atoms with Gasteiger partial charge in [0.2, 0.25) is 10.0 Å². The van der Waals surface area contributed by atoms with Gasteiger partial charge in [-0.3, -0.25) is 0 Å². The molecule has 0 aliphatic rings. The number of aryl methyl sites for hydroxylation is 1. The lowest BCUT2D eigenvalue weighted by Gasteiger charge is -2.35. The van der Waals surface area contributed by atoms with E-state index < -0.39 is 21.7 Å². The topological polar surface area (TPSA) is 66.4 Å². The summed E-state index contributed by atoms with van der Waals surface area (Å²) in [6.45, 7) is 5.66. The van der Waals surface area contributed by atoms with Crippen LogP contribution in [0.15, 0.2) is 59.5 Å². The van der Waals surface area contributed by atoms with Crippen molar-refractivity contribution in [1.82, 2.24) is 4.72 Å². The van der Waals surface area contributed by atoms with Crippen molar-refractivity contribution in [1.29, 1.82) is 0 Å². The molecular weight excluding hydrogens is 334 g/mol. The van der Waals surface area contributed by atoms with Crippen LogP contribution in [0.1, 0.15) is 37.8 Å². The third-order valence-corrected chi connectivity index (χ3v) is 6.27. The second-order valence-corrected chi connectivity index (χ2v) is 8.20. The molecule has 0 saturated carbocycles. The Labute approximate surface area is 151 Å². The van der Waals surface area contributed by atoms with Crippen LogP contribution < -0.4 is 4.72 Å². The Balaban J connectivity index is 2.33. The van der Waals surface area contributed by atoms with Crippen LogP contribution in [0.2, 0.25) is 0 Å². The lowest BCUT2D eigenvalue weighted by atomic mass is 9.85. The second kappa shape index (κ2) is 8.13. The van der Waals surface area contributed by atoms with E-state index in [1.807, 2.05) is 51.1 Å². The van der Waals surface area contributed by atoms with E-state index in [0.717, 1.165) is 11.1 Å². The normalized spacial score (nSPS) is 13.6. The number of benzene rings is 2. The zero-order valence-electron chi connectivity index (χ0n) is 15.1. The quantitative estimate of drug-likeness (QED) is 0.757. The predicted octanol–water partition coefficient (Wildman–Crippen LogP) is 3.44. The van der Waals surface area contributed by atoms with Gasteiger partial charge in [-0.15, -0.1) is 0 Å². The molecule has 2 aromatic carbocycles. The van der Waals surface area contributed by atoms with Crippen LogP contribution in [-0.2, 0) is 16.4 Å². The molecule has 0 heterocycles. The highest BCUT2D eigenvalue weighted by Crippen LogP contribution is 2.25. The highest BCUT2D eigenvalue weighted by molar-refractivity contribution is 7.89. The van der Waals surface area contributed by atoms with Crippen molar-refractivity contribution in [2.24, 2.45) is 0 Å². The SMILES string of the molecule is CCC(O)(CC)C(Cc1ccccc1)NS(=O)(=O)c1ccc(C)cc1. The molecule has 4 nitrogen and oxygen atoms in total. The second-order valence-electron chi connectivity index (χ2n) is 6.49. The summed E-state index contributed by atoms with van der Waals surface area (Å²) in [5, 5.41) is 11.0. The van der Waals surface area contributed by atoms with E-state index in [0.29, 0.717) is 19.3 Å². The Morgan fingerprint density at radius 1 is 1.00 bits per heavy atom. The minimum atomic E-state index is -3.71. The first-order valence-corrected chi connectivity index (χ1v) is 10.1. The summed E-state index contributed by atoms with van der Waals surface area (Å²) < 4.78 is 28.3. The molecule has 25 heavy (non-hydrogen) atoms. The molecule has 1 atom stereocenters. The van der Waals surface area contributed by atoms with Gasteiger partial charge in [-0.05, 0) is 43.9 Å². The molecular formula is C20H27NO3S. The fourth-order valence-electron chi connectivity index (χ4n) is 2.91. The average molecular weight is 362 g/mol. The molecule has 2 aromatic rings. The molecule has 0 aliphatic heterocycles. The highest BCUT2D eigenvalue weighted by Gasteiger charge is 2.36. The van der Waals surface area contributed by atoms with Gasteiger partial charge in [0.15, 0.2) is 0 Å². The van der Waals surface area contributed by atoms with E-state index in [-0.39, 0.29) is 4.90 Å². The first-order valence-electron chi connectivity index (χ1n) is 8.66. The number of hydrogen-bond acceptors (Lipinski definition) is 3. The smallest absolute Gasteiger partial charge is 0.240 e. The number of hydrogen-bond donors (Lipinski definition) is 2. The molecule has 2 rings (SSSR count). The van der Waals surface area contributed by atoms with Crippen LogP contribution in [0.3, 0.4) is 0 Å². The molecule has 1 unspecified atom stereocenters. The van der Waals surface area contributed by atoms with Crippen molar-refractivity contribution in [3.8, 4) is 0 Å². The van der Waals surface area contributed by atoms with Crippen molar-refractivity contribution in [3.05, 3.63) is 65.7 Å². The molecule has 0 saturated heterocycles. The van der Waals surface area contributed by atoms with Crippen LogP contribution in [0, 0.1) is 6.92 Å². The molecule has 0 aliphatic carbocycles. The van der Waals surface area contributed by atoms with Gasteiger partial charge < -0.3 is 5.11 Å². The van der Waals surface area contributed by atoms with Gasteiger partial charge in [0.1, 0.15) is 0 Å². The number of nitrogens with one attached hydrogen (secondary N) is 1. The van der Waals surface area contributed by atoms with Gasteiger partial charge in [-0.1, -0.05) is 61.9 Å². The monoisotopic (exact) mass is 361 g/mol. The zero-order valence-corrected chi connectivity index (χ0v) is 15.9. The maximum Gasteiger partial charge on any atom is 0.240 e. The van der Waals surface area contributed by atoms with Crippen molar-refractivity contribution in [3.63, 3.8) is 0 Å². The summed E-state index contributed by atoms with van der Waals surface area (Å²) in [4.78, 5) is 0.214. The van der Waals surface area contributed by atoms with Gasteiger partial charge >= 0.3 is 0 Å². The van der Waals surface area contributed by atoms with Crippen LogP contribution in [-0.4, -0.2) is 25.2 Å². The lowest BCUT2D eigenvalue weighted by Crippen LogP contribution is -2.53. The average Bonchev–Trinajstić information content (AvgIpc) is 2.61. The van der Waals surface area contributed by atoms with Crippen molar-refractivity contribution in [2.45, 2.75) is 56.6 Å². The van der Waals surface area contributed by atoms with Gasteiger partial charge in [0.25, 0.3) is 0 Å². The molecule has 0 bridgehead atoms. The summed E-state index contributed by atoms with van der Waals surface area (Å²) in [6, 6.07) is 15.8. The first-order chi connectivity index (χ1) is 11.8. The highest BCUT2D eigenvalue weighted by atomic mass is 32.2. The fraction of sp³-hybridized carbons (Fsp3) is 0.400.